The molecule has 0 spiro atoms. The first-order chi connectivity index (χ1) is 13.3. The predicted molar refractivity (Wildman–Crippen MR) is 96.1 cm³/mol. The Kier molecular flexibility index (Phi) is 4.60. The summed E-state index contributed by atoms with van der Waals surface area (Å²) in [5, 5.41) is 8.40. The Bertz CT molecular complexity index is 1080. The monoisotopic (exact) mass is 409 g/mol. The van der Waals surface area contributed by atoms with Crippen LogP contribution < -0.4 is 5.69 Å². The van der Waals surface area contributed by atoms with Crippen molar-refractivity contribution in [3.63, 3.8) is 0 Å². The van der Waals surface area contributed by atoms with Gasteiger partial charge in [0, 0.05) is 24.1 Å². The predicted octanol–water partition coefficient (Wildman–Crippen LogP) is 3.70. The van der Waals surface area contributed by atoms with Gasteiger partial charge in [-0.1, -0.05) is 23.0 Å². The fourth-order valence-corrected chi connectivity index (χ4v) is 3.72. The molecule has 0 saturated heterocycles. The molecule has 10 heteroatoms. The number of alkyl halides is 3. The highest BCUT2D eigenvalue weighted by molar-refractivity contribution is 7.98. The highest BCUT2D eigenvalue weighted by Crippen LogP contribution is 2.47. The van der Waals surface area contributed by atoms with Crippen LogP contribution in [0.15, 0.2) is 32.8 Å². The molecule has 1 aliphatic rings. The molecule has 4 rings (SSSR count). The molecule has 0 bridgehead atoms. The summed E-state index contributed by atoms with van der Waals surface area (Å²) in [5.74, 6) is 0.525. The zero-order chi connectivity index (χ0) is 20.1. The SMILES string of the molecule is CSc1nn(Cc2[c]ccc(C(F)(F)F)c2-c2cnoc2C2CC2)c(=O)n1C. The molecule has 0 N–H and O–H groups in total. The average molecular weight is 409 g/mol. The molecule has 1 aliphatic carbocycles. The second kappa shape index (κ2) is 6.84. The Hall–Kier alpha value is -2.49. The minimum absolute atomic E-state index is 0.0543. The first-order valence-corrected chi connectivity index (χ1v) is 9.77. The van der Waals surface area contributed by atoms with Crippen LogP contribution in [0, 0.1) is 6.07 Å². The number of thioether (sulfide) groups is 1. The van der Waals surface area contributed by atoms with Crippen LogP contribution in [-0.4, -0.2) is 25.8 Å². The van der Waals surface area contributed by atoms with Crippen LogP contribution in [0.2, 0.25) is 0 Å². The van der Waals surface area contributed by atoms with Crippen LogP contribution in [0.1, 0.15) is 35.6 Å². The summed E-state index contributed by atoms with van der Waals surface area (Å²) in [6.45, 7) is -0.137. The van der Waals surface area contributed by atoms with Gasteiger partial charge >= 0.3 is 11.9 Å². The third-order valence-electron chi connectivity index (χ3n) is 4.69. The number of hydrogen-bond donors (Lipinski definition) is 0. The van der Waals surface area contributed by atoms with Crippen molar-refractivity contribution in [3.8, 4) is 11.1 Å². The molecule has 0 unspecified atom stereocenters. The Labute approximate surface area is 162 Å². The lowest BCUT2D eigenvalue weighted by molar-refractivity contribution is -0.137. The smallest absolute Gasteiger partial charge is 0.360 e. The Morgan fingerprint density at radius 3 is 2.75 bits per heavy atom. The normalized spacial score (nSPS) is 14.6. The first kappa shape index (κ1) is 18.9. The number of rotatable bonds is 5. The molecule has 0 amide bonds. The van der Waals surface area contributed by atoms with E-state index in [9.17, 15) is 18.0 Å². The lowest BCUT2D eigenvalue weighted by Gasteiger charge is -2.16. The molecule has 1 saturated carbocycles. The zero-order valence-corrected chi connectivity index (χ0v) is 15.9. The molecule has 3 aromatic rings. The second-order valence-corrected chi connectivity index (χ2v) is 7.38. The van der Waals surface area contributed by atoms with Crippen LogP contribution in [0.3, 0.4) is 0 Å². The molecule has 0 aliphatic heterocycles. The third kappa shape index (κ3) is 3.25. The summed E-state index contributed by atoms with van der Waals surface area (Å²) in [6, 6.07) is 5.06. The van der Waals surface area contributed by atoms with Gasteiger partial charge in [-0.2, -0.15) is 13.2 Å². The van der Waals surface area contributed by atoms with Crippen molar-refractivity contribution in [3.05, 3.63) is 51.8 Å². The molecule has 2 aromatic heterocycles. The van der Waals surface area contributed by atoms with E-state index in [2.05, 4.69) is 16.3 Å². The fraction of sp³-hybridized carbons (Fsp3) is 0.389. The number of hydrogen-bond acceptors (Lipinski definition) is 5. The quantitative estimate of drug-likeness (QED) is 0.601. The van der Waals surface area contributed by atoms with Gasteiger partial charge in [0.15, 0.2) is 5.16 Å². The van der Waals surface area contributed by atoms with Gasteiger partial charge < -0.3 is 4.52 Å². The molecule has 1 aromatic carbocycles. The van der Waals surface area contributed by atoms with Gasteiger partial charge in [0.1, 0.15) is 5.76 Å². The van der Waals surface area contributed by atoms with Gasteiger partial charge in [-0.05, 0) is 36.8 Å². The lowest BCUT2D eigenvalue weighted by Crippen LogP contribution is -2.24. The molecule has 147 valence electrons. The Balaban J connectivity index is 1.88. The van der Waals surface area contributed by atoms with Crippen molar-refractivity contribution >= 4 is 11.8 Å². The van der Waals surface area contributed by atoms with Gasteiger partial charge in [0.05, 0.1) is 18.3 Å². The highest BCUT2D eigenvalue weighted by Gasteiger charge is 2.38. The number of halogens is 3. The first-order valence-electron chi connectivity index (χ1n) is 8.54. The Morgan fingerprint density at radius 1 is 1.39 bits per heavy atom. The molecule has 28 heavy (non-hydrogen) atoms. The average Bonchev–Trinajstić information content (AvgIpc) is 3.33. The van der Waals surface area contributed by atoms with E-state index < -0.39 is 17.4 Å². The van der Waals surface area contributed by atoms with Crippen LogP contribution in [0.4, 0.5) is 13.2 Å². The van der Waals surface area contributed by atoms with Gasteiger partial charge in [0.2, 0.25) is 0 Å². The van der Waals surface area contributed by atoms with E-state index in [4.69, 9.17) is 4.52 Å². The maximum atomic E-state index is 13.8. The minimum Gasteiger partial charge on any atom is -0.360 e. The van der Waals surface area contributed by atoms with E-state index in [1.165, 1.54) is 28.6 Å². The van der Waals surface area contributed by atoms with Crippen LogP contribution in [-0.2, 0) is 19.8 Å². The van der Waals surface area contributed by atoms with E-state index in [0.717, 1.165) is 23.6 Å². The fourth-order valence-electron chi connectivity index (χ4n) is 3.19. The van der Waals surface area contributed by atoms with Crippen LogP contribution in [0.25, 0.3) is 11.1 Å². The van der Waals surface area contributed by atoms with Crippen molar-refractivity contribution in [2.75, 3.05) is 6.26 Å². The van der Waals surface area contributed by atoms with Crippen LogP contribution in [0.5, 0.6) is 0 Å². The van der Waals surface area contributed by atoms with E-state index >= 15 is 0 Å². The van der Waals surface area contributed by atoms with Gasteiger partial charge in [-0.15, -0.1) is 5.10 Å². The van der Waals surface area contributed by atoms with E-state index in [0.29, 0.717) is 16.5 Å². The largest absolute Gasteiger partial charge is 0.417 e. The van der Waals surface area contributed by atoms with E-state index in [-0.39, 0.29) is 23.6 Å². The van der Waals surface area contributed by atoms with Gasteiger partial charge in [-0.3, -0.25) is 4.57 Å². The van der Waals surface area contributed by atoms with Gasteiger partial charge in [0.25, 0.3) is 0 Å². The highest BCUT2D eigenvalue weighted by atomic mass is 32.2. The molecular formula is C18H16F3N4O2S. The number of nitrogens with zero attached hydrogens (tertiary/aromatic N) is 4. The van der Waals surface area contributed by atoms with E-state index in [1.807, 2.05) is 0 Å². The summed E-state index contributed by atoms with van der Waals surface area (Å²) >= 11 is 1.28. The minimum atomic E-state index is -4.57. The van der Waals surface area contributed by atoms with Crippen LogP contribution >= 0.6 is 11.8 Å². The molecule has 0 atom stereocenters. The van der Waals surface area contributed by atoms with Gasteiger partial charge in [-0.25, -0.2) is 9.48 Å². The van der Waals surface area contributed by atoms with Crippen molar-refractivity contribution in [1.82, 2.24) is 19.5 Å². The standard InChI is InChI=1S/C18H16F3N4O2S/c1-24-16(28-2)23-25(17(24)26)9-11-4-3-5-13(18(19,20)21)14(11)12-8-22-27-15(12)10-6-7-10/h3,5,8,10H,6-7,9H2,1-2H3. The van der Waals surface area contributed by atoms with E-state index in [1.54, 1.807) is 13.3 Å². The molecule has 6 nitrogen and oxygen atoms in total. The maximum Gasteiger partial charge on any atom is 0.417 e. The van der Waals surface area contributed by atoms with Crippen molar-refractivity contribution in [2.45, 2.75) is 36.6 Å². The number of aromatic nitrogens is 4. The van der Waals surface area contributed by atoms with Crippen molar-refractivity contribution in [2.24, 2.45) is 7.05 Å². The summed E-state index contributed by atoms with van der Waals surface area (Å²) in [7, 11) is 1.57. The summed E-state index contributed by atoms with van der Waals surface area (Å²) in [6.07, 6.45) is 0.215. The molecule has 1 radical (unpaired) electrons. The van der Waals surface area contributed by atoms with Crippen molar-refractivity contribution < 1.29 is 17.7 Å². The van der Waals surface area contributed by atoms with Crippen molar-refractivity contribution in [1.29, 1.82) is 0 Å². The maximum absolute atomic E-state index is 13.8. The summed E-state index contributed by atoms with van der Waals surface area (Å²) < 4.78 is 49.0. The molecule has 1 fully saturated rings. The number of benzene rings is 1. The third-order valence-corrected chi connectivity index (χ3v) is 5.41. The zero-order valence-electron chi connectivity index (χ0n) is 15.1. The second-order valence-electron chi connectivity index (χ2n) is 6.61. The Morgan fingerprint density at radius 2 is 2.14 bits per heavy atom. The lowest BCUT2D eigenvalue weighted by atomic mass is 9.93. The molecule has 2 heterocycles. The summed E-state index contributed by atoms with van der Waals surface area (Å²) in [4.78, 5) is 12.4. The molecular weight excluding hydrogens is 393 g/mol. The topological polar surface area (TPSA) is 65.8 Å². The summed E-state index contributed by atoms with van der Waals surface area (Å²) in [5.41, 5.74) is -0.751.